The summed E-state index contributed by atoms with van der Waals surface area (Å²) in [6.45, 7) is -0.113. The van der Waals surface area contributed by atoms with Crippen LogP contribution in [0.2, 0.25) is 0 Å². The van der Waals surface area contributed by atoms with Crippen molar-refractivity contribution in [2.24, 2.45) is 4.99 Å². The van der Waals surface area contributed by atoms with Crippen LogP contribution in [0.1, 0.15) is 6.42 Å². The molecule has 0 heterocycles. The topological polar surface area (TPSA) is 79.6 Å². The molecule has 1 amide bonds. The number of nitrogens with one attached hydrogen (secondary N) is 1. The first kappa shape index (κ1) is 12.9. The summed E-state index contributed by atoms with van der Waals surface area (Å²) >= 11 is 3.04. The molecular weight excluding hydrogens is 259 g/mol. The van der Waals surface area contributed by atoms with Gasteiger partial charge in [-0.25, -0.2) is 14.0 Å². The van der Waals surface area contributed by atoms with E-state index in [1.165, 1.54) is 0 Å². The Morgan fingerprint density at radius 3 is 2.93 bits per heavy atom. The van der Waals surface area contributed by atoms with E-state index in [9.17, 15) is 14.0 Å². The maximum atomic E-state index is 12.6. The lowest BCUT2D eigenvalue weighted by molar-refractivity contribution is 0.155. The summed E-state index contributed by atoms with van der Waals surface area (Å²) in [5, 5.41) is 6.59. The molecule has 0 aromatic rings. The quantitative estimate of drug-likeness (QED) is 0.466. The smallest absolute Gasteiger partial charge is 0.444 e. The predicted octanol–water partition coefficient (Wildman–Crippen LogP) is 1.60. The summed E-state index contributed by atoms with van der Waals surface area (Å²) in [5.74, 6) is 0. The average molecular weight is 267 g/mol. The minimum atomic E-state index is -1.38. The van der Waals surface area contributed by atoms with Crippen LogP contribution in [0.25, 0.3) is 0 Å². The van der Waals surface area contributed by atoms with Crippen LogP contribution in [-0.4, -0.2) is 36.0 Å². The molecule has 0 saturated carbocycles. The van der Waals surface area contributed by atoms with E-state index in [1.54, 1.807) is 0 Å². The molecule has 0 fully saturated rings. The predicted molar refractivity (Wildman–Crippen MR) is 50.5 cm³/mol. The zero-order chi connectivity index (χ0) is 11.0. The molecule has 0 bridgehead atoms. The average Bonchev–Trinajstić information content (AvgIpc) is 2.15. The molecule has 0 unspecified atom stereocenters. The Kier molecular flexibility index (Phi) is 6.78. The largest absolute Gasteiger partial charge is 0.446 e. The number of rotatable bonds is 5. The first-order valence-electron chi connectivity index (χ1n) is 3.63. The Morgan fingerprint density at radius 1 is 1.79 bits per heavy atom. The van der Waals surface area contributed by atoms with Crippen molar-refractivity contribution in [3.63, 3.8) is 0 Å². The normalized spacial score (nSPS) is 13.6. The number of carbonyl (C=O) groups excluding carboxylic acids is 2. The van der Waals surface area contributed by atoms with Gasteiger partial charge in [-0.3, -0.25) is 0 Å². The molecule has 78 valence electrons. The Balaban J connectivity index is 3.73. The van der Waals surface area contributed by atoms with Gasteiger partial charge in [0.25, 0.3) is 0 Å². The van der Waals surface area contributed by atoms with E-state index in [0.29, 0.717) is 6.21 Å². The first-order chi connectivity index (χ1) is 6.60. The van der Waals surface area contributed by atoms with Gasteiger partial charge in [0.2, 0.25) is 6.08 Å². The molecule has 0 aromatic carbocycles. The second kappa shape index (κ2) is 7.34. The lowest BCUT2D eigenvalue weighted by Crippen LogP contribution is -2.17. The zero-order valence-corrected chi connectivity index (χ0v) is 8.66. The number of hydrogen-bond donors (Lipinski definition) is 1. The minimum Gasteiger partial charge on any atom is -0.446 e. The summed E-state index contributed by atoms with van der Waals surface area (Å²) in [4.78, 5) is 22.3. The summed E-state index contributed by atoms with van der Waals surface area (Å²) in [6.07, 6.45) is -0.756. The van der Waals surface area contributed by atoms with Crippen molar-refractivity contribution in [1.82, 2.24) is 0 Å². The van der Waals surface area contributed by atoms with Gasteiger partial charge in [0.15, 0.2) is 0 Å². The number of aliphatic imine (C=N–C) groups is 1. The number of halogens is 2. The molecule has 0 aromatic heterocycles. The van der Waals surface area contributed by atoms with Crippen LogP contribution in [0.15, 0.2) is 4.99 Å². The van der Waals surface area contributed by atoms with Crippen molar-refractivity contribution in [3.8, 4) is 0 Å². The Bertz CT molecular complexity index is 255. The summed E-state index contributed by atoms with van der Waals surface area (Å²) in [7, 11) is 0. The van der Waals surface area contributed by atoms with E-state index in [1.807, 2.05) is 0 Å². The van der Waals surface area contributed by atoms with Crippen molar-refractivity contribution in [1.29, 1.82) is 5.41 Å². The molecule has 0 aliphatic heterocycles. The van der Waals surface area contributed by atoms with E-state index in [4.69, 9.17) is 5.41 Å². The van der Waals surface area contributed by atoms with Gasteiger partial charge >= 0.3 is 6.09 Å². The van der Waals surface area contributed by atoms with Crippen LogP contribution in [0, 0.1) is 5.41 Å². The third kappa shape index (κ3) is 6.45. The molecular formula is C7H8BrFN2O3. The van der Waals surface area contributed by atoms with Crippen LogP contribution in [0.4, 0.5) is 9.18 Å². The summed E-state index contributed by atoms with van der Waals surface area (Å²) < 4.78 is 17.0. The molecule has 0 aliphatic rings. The highest BCUT2D eigenvalue weighted by Crippen LogP contribution is 2.10. The van der Waals surface area contributed by atoms with E-state index in [0.717, 1.165) is 6.08 Å². The number of isocyanates is 1. The van der Waals surface area contributed by atoms with Crippen LogP contribution < -0.4 is 0 Å². The number of carbonyl (C=O) groups is 1. The minimum absolute atomic E-state index is 0.0155. The van der Waals surface area contributed by atoms with Gasteiger partial charge in [-0.15, -0.1) is 0 Å². The van der Waals surface area contributed by atoms with E-state index < -0.39 is 17.1 Å². The molecule has 2 atom stereocenters. The maximum absolute atomic E-state index is 12.6. The van der Waals surface area contributed by atoms with E-state index >= 15 is 0 Å². The first-order valence-corrected chi connectivity index (χ1v) is 4.55. The summed E-state index contributed by atoms with van der Waals surface area (Å²) in [6, 6.07) is 0. The van der Waals surface area contributed by atoms with Gasteiger partial charge in [0.05, 0.1) is 4.83 Å². The third-order valence-electron chi connectivity index (χ3n) is 1.19. The number of hydrogen-bond acceptors (Lipinski definition) is 4. The highest BCUT2D eigenvalue weighted by Gasteiger charge is 2.13. The number of ether oxygens (including phenoxy) is 1. The standard InChI is InChI=1S/C7H8BrFN2O3/c8-5(1-6(9)2-10)3-14-7(13)11-4-12/h2,5-6,10H,1,3H2/t5-,6+/m1/s1. The zero-order valence-electron chi connectivity index (χ0n) is 7.07. The van der Waals surface area contributed by atoms with Gasteiger partial charge < -0.3 is 10.1 Å². The van der Waals surface area contributed by atoms with Gasteiger partial charge in [-0.1, -0.05) is 20.9 Å². The Labute approximate surface area is 88.0 Å². The Morgan fingerprint density at radius 2 is 2.43 bits per heavy atom. The van der Waals surface area contributed by atoms with Gasteiger partial charge in [0.1, 0.15) is 12.8 Å². The molecule has 0 radical (unpaired) electrons. The molecule has 1 N–H and O–H groups in total. The third-order valence-corrected chi connectivity index (χ3v) is 1.82. The monoisotopic (exact) mass is 266 g/mol. The van der Waals surface area contributed by atoms with E-state index in [2.05, 4.69) is 25.7 Å². The van der Waals surface area contributed by atoms with E-state index in [-0.39, 0.29) is 13.0 Å². The summed E-state index contributed by atoms with van der Waals surface area (Å²) in [5.41, 5.74) is 0. The highest BCUT2D eigenvalue weighted by molar-refractivity contribution is 9.09. The lowest BCUT2D eigenvalue weighted by atomic mass is 10.2. The number of alkyl halides is 2. The second-order valence-corrected chi connectivity index (χ2v) is 3.59. The maximum Gasteiger partial charge on any atom is 0.444 e. The van der Waals surface area contributed by atoms with Crippen LogP contribution >= 0.6 is 15.9 Å². The van der Waals surface area contributed by atoms with Crippen molar-refractivity contribution in [2.45, 2.75) is 17.4 Å². The molecule has 7 heteroatoms. The molecule has 0 spiro atoms. The van der Waals surface area contributed by atoms with Crippen LogP contribution in [0.3, 0.4) is 0 Å². The molecule has 0 rings (SSSR count). The van der Waals surface area contributed by atoms with Crippen LogP contribution in [-0.2, 0) is 9.53 Å². The van der Waals surface area contributed by atoms with Gasteiger partial charge in [-0.2, -0.15) is 0 Å². The van der Waals surface area contributed by atoms with Crippen molar-refractivity contribution >= 4 is 34.3 Å². The fourth-order valence-electron chi connectivity index (χ4n) is 0.612. The van der Waals surface area contributed by atoms with Gasteiger partial charge in [-0.05, 0) is 6.42 Å². The molecule has 0 saturated heterocycles. The van der Waals surface area contributed by atoms with Crippen molar-refractivity contribution in [2.75, 3.05) is 6.61 Å². The fraction of sp³-hybridized carbons (Fsp3) is 0.571. The number of nitrogens with zero attached hydrogens (tertiary/aromatic N) is 1. The molecule has 14 heavy (non-hydrogen) atoms. The van der Waals surface area contributed by atoms with Crippen molar-refractivity contribution < 1.29 is 18.7 Å². The fourth-order valence-corrected chi connectivity index (χ4v) is 1.10. The SMILES string of the molecule is N=C[C@@H](F)C[C@@H](Br)COC(=O)N=C=O. The lowest BCUT2D eigenvalue weighted by Gasteiger charge is -2.08. The molecule has 5 nitrogen and oxygen atoms in total. The highest BCUT2D eigenvalue weighted by atomic mass is 79.9. The van der Waals surface area contributed by atoms with Gasteiger partial charge in [0, 0.05) is 6.21 Å². The molecule has 0 aliphatic carbocycles. The number of amides is 1. The van der Waals surface area contributed by atoms with Crippen molar-refractivity contribution in [3.05, 3.63) is 0 Å². The second-order valence-electron chi connectivity index (χ2n) is 2.30. The Hall–Kier alpha value is -1.07. The van der Waals surface area contributed by atoms with Crippen LogP contribution in [0.5, 0.6) is 0 Å².